The molecule has 0 aromatic heterocycles. The first-order valence-corrected chi connectivity index (χ1v) is 8.96. The molecule has 2 aromatic carbocycles. The Balaban J connectivity index is 1.72. The van der Waals surface area contributed by atoms with Gasteiger partial charge in [0.25, 0.3) is 0 Å². The van der Waals surface area contributed by atoms with Gasteiger partial charge in [0.2, 0.25) is 0 Å². The van der Waals surface area contributed by atoms with Crippen molar-refractivity contribution < 1.29 is 26.7 Å². The summed E-state index contributed by atoms with van der Waals surface area (Å²) in [5, 5.41) is -4.22. The van der Waals surface area contributed by atoms with Crippen LogP contribution in [-0.4, -0.2) is 17.0 Å². The highest BCUT2D eigenvalue weighted by molar-refractivity contribution is 8.00. The topological polar surface area (TPSA) is 17.1 Å². The maximum Gasteiger partial charge on any atom is 0.360 e. The van der Waals surface area contributed by atoms with Crippen LogP contribution in [0.3, 0.4) is 0 Å². The van der Waals surface area contributed by atoms with Crippen LogP contribution in [-0.2, 0) is 6.42 Å². The summed E-state index contributed by atoms with van der Waals surface area (Å²) in [4.78, 5) is 12.3. The van der Waals surface area contributed by atoms with E-state index in [2.05, 4.69) is 6.58 Å². The number of fused-ring (bicyclic) bond motifs is 1. The number of hydrogen-bond acceptors (Lipinski definition) is 2. The van der Waals surface area contributed by atoms with E-state index in [1.807, 2.05) is 0 Å². The Labute approximate surface area is 157 Å². The predicted octanol–water partition coefficient (Wildman–Crippen LogP) is 6.38. The monoisotopic (exact) mass is 398 g/mol. The van der Waals surface area contributed by atoms with Crippen LogP contribution in [0.15, 0.2) is 53.9 Å². The molecule has 1 aliphatic heterocycles. The van der Waals surface area contributed by atoms with Gasteiger partial charge in [-0.2, -0.15) is 17.6 Å². The molecule has 2 aromatic rings. The Hall–Kier alpha value is -2.15. The summed E-state index contributed by atoms with van der Waals surface area (Å²) in [5.74, 6) is -4.92. The van der Waals surface area contributed by atoms with Gasteiger partial charge in [-0.15, -0.1) is 0 Å². The number of halogens is 5. The van der Waals surface area contributed by atoms with Gasteiger partial charge in [0.05, 0.1) is 0 Å². The number of Topliss-reactive ketones (excluding diaryl/α,β-unsaturated/α-hetero) is 1. The number of rotatable bonds is 5. The van der Waals surface area contributed by atoms with E-state index in [0.717, 1.165) is 0 Å². The molecule has 1 heterocycles. The van der Waals surface area contributed by atoms with Crippen molar-refractivity contribution in [2.75, 3.05) is 0 Å². The van der Waals surface area contributed by atoms with Gasteiger partial charge in [0.15, 0.2) is 5.78 Å². The van der Waals surface area contributed by atoms with Crippen molar-refractivity contribution >= 4 is 23.1 Å². The molecule has 0 amide bonds. The van der Waals surface area contributed by atoms with E-state index in [1.165, 1.54) is 24.3 Å². The lowest BCUT2D eigenvalue weighted by molar-refractivity contribution is -0.153. The molecule has 0 N–H and O–H groups in total. The fourth-order valence-electron chi connectivity index (χ4n) is 2.82. The van der Waals surface area contributed by atoms with Crippen LogP contribution >= 0.6 is 11.8 Å². The number of alkyl halides is 4. The Kier molecular flexibility index (Phi) is 5.16. The highest BCUT2D eigenvalue weighted by Crippen LogP contribution is 2.53. The number of carbonyl (C=O) groups is 1. The van der Waals surface area contributed by atoms with Crippen molar-refractivity contribution in [2.45, 2.75) is 35.3 Å². The van der Waals surface area contributed by atoms with Gasteiger partial charge in [0.1, 0.15) is 5.82 Å². The van der Waals surface area contributed by atoms with Crippen molar-refractivity contribution in [3.63, 3.8) is 0 Å². The van der Waals surface area contributed by atoms with Crippen LogP contribution in [0.1, 0.15) is 34.3 Å². The average molecular weight is 398 g/mol. The molecule has 3 rings (SSSR count). The van der Waals surface area contributed by atoms with E-state index in [0.29, 0.717) is 11.1 Å². The molecule has 0 radical (unpaired) electrons. The summed E-state index contributed by atoms with van der Waals surface area (Å²) in [6.45, 7) is 3.78. The van der Waals surface area contributed by atoms with Crippen LogP contribution in [0.2, 0.25) is 0 Å². The summed E-state index contributed by atoms with van der Waals surface area (Å²) in [6.07, 6.45) is -0.873. The third-order valence-corrected chi connectivity index (χ3v) is 5.53. The van der Waals surface area contributed by atoms with Crippen molar-refractivity contribution in [1.82, 2.24) is 0 Å². The second kappa shape index (κ2) is 7.11. The van der Waals surface area contributed by atoms with Crippen molar-refractivity contribution in [3.05, 3.63) is 71.6 Å². The molecule has 0 spiro atoms. The fourth-order valence-corrected chi connectivity index (χ4v) is 3.77. The lowest BCUT2D eigenvalue weighted by Gasteiger charge is -2.31. The Morgan fingerprint density at radius 3 is 2.48 bits per heavy atom. The fraction of sp³-hybridized carbons (Fsp3) is 0.250. The molecule has 0 unspecified atom stereocenters. The van der Waals surface area contributed by atoms with E-state index in [9.17, 15) is 26.7 Å². The van der Waals surface area contributed by atoms with E-state index >= 15 is 0 Å². The highest BCUT2D eigenvalue weighted by atomic mass is 32.2. The van der Waals surface area contributed by atoms with Gasteiger partial charge < -0.3 is 0 Å². The zero-order chi connectivity index (χ0) is 19.8. The highest BCUT2D eigenvalue weighted by Gasteiger charge is 2.59. The number of allylic oxidation sites excluding steroid dienone is 1. The van der Waals surface area contributed by atoms with Crippen LogP contribution < -0.4 is 0 Å². The number of benzene rings is 2. The summed E-state index contributed by atoms with van der Waals surface area (Å²) < 4.78 is 67.7. The predicted molar refractivity (Wildman–Crippen MR) is 94.9 cm³/mol. The molecular formula is C20H15F5OS. The minimum Gasteiger partial charge on any atom is -0.294 e. The lowest BCUT2D eigenvalue weighted by Crippen LogP contribution is -2.42. The smallest absolute Gasteiger partial charge is 0.294 e. The van der Waals surface area contributed by atoms with Crippen molar-refractivity contribution in [3.8, 4) is 0 Å². The molecule has 0 atom stereocenters. The maximum absolute atomic E-state index is 13.7. The molecule has 0 bridgehead atoms. The molecule has 0 saturated heterocycles. The molecule has 1 aliphatic rings. The van der Waals surface area contributed by atoms with Crippen LogP contribution in [0, 0.1) is 5.82 Å². The second-order valence-electron chi connectivity index (χ2n) is 6.33. The van der Waals surface area contributed by atoms with Gasteiger partial charge in [-0.05, 0) is 41.5 Å². The standard InChI is InChI=1S/C20H15F5OS/c1-12(15-4-2-3-5-16(15)21)6-9-17(26)13-7-8-14-11-19(22,23)20(24,25)27-18(14)10-13/h2-5,7-8,10H,1,6,9,11H2. The van der Waals surface area contributed by atoms with E-state index in [4.69, 9.17) is 0 Å². The van der Waals surface area contributed by atoms with Gasteiger partial charge >= 0.3 is 11.2 Å². The normalized spacial score (nSPS) is 17.2. The third kappa shape index (κ3) is 3.93. The number of hydrogen-bond donors (Lipinski definition) is 0. The van der Waals surface area contributed by atoms with E-state index in [1.54, 1.807) is 18.2 Å². The quantitative estimate of drug-likeness (QED) is 0.430. The summed E-state index contributed by atoms with van der Waals surface area (Å²) in [7, 11) is 0. The molecule has 142 valence electrons. The van der Waals surface area contributed by atoms with Crippen molar-refractivity contribution in [2.24, 2.45) is 0 Å². The first kappa shape index (κ1) is 19.6. The molecule has 0 fully saturated rings. The van der Waals surface area contributed by atoms with Gasteiger partial charge in [-0.1, -0.05) is 36.9 Å². The number of carbonyl (C=O) groups excluding carboxylic acids is 1. The lowest BCUT2D eigenvalue weighted by atomic mass is 9.97. The van der Waals surface area contributed by atoms with Crippen LogP contribution in [0.5, 0.6) is 0 Å². The van der Waals surface area contributed by atoms with Gasteiger partial charge in [-0.25, -0.2) is 4.39 Å². The zero-order valence-corrected chi connectivity index (χ0v) is 14.9. The van der Waals surface area contributed by atoms with Crippen LogP contribution in [0.4, 0.5) is 22.0 Å². The molecule has 0 aliphatic carbocycles. The Bertz CT molecular complexity index is 907. The number of thioether (sulfide) groups is 1. The molecule has 7 heteroatoms. The molecule has 27 heavy (non-hydrogen) atoms. The first-order chi connectivity index (χ1) is 12.6. The SMILES string of the molecule is C=C(CCC(=O)c1ccc2c(c1)SC(F)(F)C(F)(F)C2)c1ccccc1F. The van der Waals surface area contributed by atoms with Crippen molar-refractivity contribution in [1.29, 1.82) is 0 Å². The largest absolute Gasteiger partial charge is 0.360 e. The number of ketones is 1. The Morgan fingerprint density at radius 2 is 1.78 bits per heavy atom. The minimum absolute atomic E-state index is 0.00315. The second-order valence-corrected chi connectivity index (χ2v) is 7.49. The average Bonchev–Trinajstić information content (AvgIpc) is 2.60. The summed E-state index contributed by atoms with van der Waals surface area (Å²) >= 11 is -0.227. The van der Waals surface area contributed by atoms with Gasteiger partial charge in [0, 0.05) is 28.9 Å². The third-order valence-electron chi connectivity index (χ3n) is 4.37. The molecule has 1 nitrogen and oxygen atoms in total. The van der Waals surface area contributed by atoms with Gasteiger partial charge in [-0.3, -0.25) is 4.79 Å². The molecule has 0 saturated carbocycles. The first-order valence-electron chi connectivity index (χ1n) is 8.14. The van der Waals surface area contributed by atoms with E-state index < -0.39 is 23.4 Å². The zero-order valence-electron chi connectivity index (χ0n) is 14.1. The maximum atomic E-state index is 13.7. The summed E-state index contributed by atoms with van der Waals surface area (Å²) in [5.41, 5.74) is 1.000. The Morgan fingerprint density at radius 1 is 1.07 bits per heavy atom. The molecular weight excluding hydrogens is 383 g/mol. The minimum atomic E-state index is -4.22. The van der Waals surface area contributed by atoms with Crippen LogP contribution in [0.25, 0.3) is 5.57 Å². The van der Waals surface area contributed by atoms with E-state index in [-0.39, 0.29) is 46.4 Å². The summed E-state index contributed by atoms with van der Waals surface area (Å²) in [6, 6.07) is 9.90.